The monoisotopic (exact) mass is 410 g/mol. The van der Waals surface area contributed by atoms with Gasteiger partial charge in [0, 0.05) is 18.0 Å². The first-order chi connectivity index (χ1) is 14.2. The van der Waals surface area contributed by atoms with Crippen molar-refractivity contribution in [2.75, 3.05) is 19.5 Å². The van der Waals surface area contributed by atoms with Crippen molar-refractivity contribution in [1.29, 1.82) is 0 Å². The number of aromatic nitrogens is 3. The second kappa shape index (κ2) is 9.79. The van der Waals surface area contributed by atoms with Crippen molar-refractivity contribution >= 4 is 23.3 Å². The van der Waals surface area contributed by atoms with E-state index in [4.69, 9.17) is 9.47 Å². The van der Waals surface area contributed by atoms with Crippen LogP contribution in [0.25, 0.3) is 0 Å². The fourth-order valence-corrected chi connectivity index (χ4v) is 3.54. The van der Waals surface area contributed by atoms with Crippen LogP contribution in [-0.4, -0.2) is 29.0 Å². The molecule has 0 saturated heterocycles. The summed E-state index contributed by atoms with van der Waals surface area (Å²) in [6.45, 7) is 4.08. The highest BCUT2D eigenvalue weighted by Gasteiger charge is 2.13. The molecule has 0 bridgehead atoms. The van der Waals surface area contributed by atoms with E-state index in [0.717, 1.165) is 11.3 Å². The van der Waals surface area contributed by atoms with Crippen molar-refractivity contribution in [2.45, 2.75) is 17.5 Å². The predicted molar refractivity (Wildman–Crippen MR) is 115 cm³/mol. The van der Waals surface area contributed by atoms with Gasteiger partial charge in [-0.3, -0.25) is 9.36 Å². The summed E-state index contributed by atoms with van der Waals surface area (Å²) in [5.74, 6) is 2.09. The highest BCUT2D eigenvalue weighted by Crippen LogP contribution is 2.30. The van der Waals surface area contributed by atoms with E-state index >= 15 is 0 Å². The van der Waals surface area contributed by atoms with Gasteiger partial charge >= 0.3 is 0 Å². The number of hydrogen-bond donors (Lipinski definition) is 1. The molecule has 29 heavy (non-hydrogen) atoms. The molecule has 0 aliphatic carbocycles. The molecule has 1 heterocycles. The van der Waals surface area contributed by atoms with Crippen molar-refractivity contribution in [2.24, 2.45) is 0 Å². The molecule has 0 aliphatic heterocycles. The molecule has 0 atom stereocenters. The number of ether oxygens (including phenoxy) is 2. The zero-order valence-corrected chi connectivity index (χ0v) is 17.1. The second-order valence-corrected chi connectivity index (χ2v) is 6.95. The van der Waals surface area contributed by atoms with Crippen LogP contribution in [0.1, 0.15) is 5.56 Å². The van der Waals surface area contributed by atoms with E-state index < -0.39 is 0 Å². The minimum absolute atomic E-state index is 0.175. The van der Waals surface area contributed by atoms with E-state index in [1.54, 1.807) is 24.9 Å². The lowest BCUT2D eigenvalue weighted by Crippen LogP contribution is -2.26. The molecule has 0 radical (unpaired) electrons. The topological polar surface area (TPSA) is 78.3 Å². The number of para-hydroxylation sites is 1. The molecular weight excluding hydrogens is 388 g/mol. The molecule has 0 aliphatic rings. The summed E-state index contributed by atoms with van der Waals surface area (Å²) in [7, 11) is 3.20. The Kier molecular flexibility index (Phi) is 6.91. The van der Waals surface area contributed by atoms with Gasteiger partial charge in [-0.15, -0.1) is 16.8 Å². The normalized spacial score (nSPS) is 10.4. The minimum atomic E-state index is -0.251. The molecule has 150 valence electrons. The van der Waals surface area contributed by atoms with Gasteiger partial charge in [-0.1, -0.05) is 42.1 Å². The maximum Gasteiger partial charge on any atom is 0.297 e. The number of nitrogens with one attached hydrogen (secondary N) is 1. The van der Waals surface area contributed by atoms with Crippen LogP contribution >= 0.6 is 11.8 Å². The van der Waals surface area contributed by atoms with Crippen LogP contribution in [-0.2, 0) is 12.3 Å². The fourth-order valence-electron chi connectivity index (χ4n) is 2.66. The molecule has 7 nitrogen and oxygen atoms in total. The Balaban J connectivity index is 1.83. The summed E-state index contributed by atoms with van der Waals surface area (Å²) in [5, 5.41) is 11.9. The molecule has 2 aromatic carbocycles. The van der Waals surface area contributed by atoms with Crippen LogP contribution in [0.4, 0.5) is 11.5 Å². The van der Waals surface area contributed by atoms with E-state index in [1.165, 1.54) is 11.8 Å². The standard InChI is InChI=1S/C21H22N4O3S/c1-4-12-25-20(26)19(22-16-8-6-5-7-9-16)23-24-21(25)29-14-15-10-11-17(27-2)18(13-15)28-3/h4-11,13H,1,12,14H2,2-3H3,(H,22,23). The zero-order valence-electron chi connectivity index (χ0n) is 16.3. The average molecular weight is 410 g/mol. The number of nitrogens with zero attached hydrogens (tertiary/aromatic N) is 3. The number of anilines is 2. The van der Waals surface area contributed by atoms with Gasteiger partial charge in [-0.2, -0.15) is 0 Å². The highest BCUT2D eigenvalue weighted by molar-refractivity contribution is 7.98. The van der Waals surface area contributed by atoms with Gasteiger partial charge in [0.15, 0.2) is 16.7 Å². The van der Waals surface area contributed by atoms with E-state index in [2.05, 4.69) is 22.1 Å². The third-order valence-electron chi connectivity index (χ3n) is 4.08. The molecule has 0 amide bonds. The van der Waals surface area contributed by atoms with Crippen LogP contribution < -0.4 is 20.3 Å². The number of methoxy groups -OCH3 is 2. The van der Waals surface area contributed by atoms with Gasteiger partial charge in [0.05, 0.1) is 14.2 Å². The highest BCUT2D eigenvalue weighted by atomic mass is 32.2. The van der Waals surface area contributed by atoms with E-state index in [1.807, 2.05) is 48.5 Å². The summed E-state index contributed by atoms with van der Waals surface area (Å²) in [6.07, 6.45) is 1.66. The van der Waals surface area contributed by atoms with E-state index in [-0.39, 0.29) is 11.4 Å². The molecule has 0 spiro atoms. The molecule has 0 saturated carbocycles. The van der Waals surface area contributed by atoms with Gasteiger partial charge in [0.2, 0.25) is 5.82 Å². The Hall–Kier alpha value is -3.26. The fraction of sp³-hybridized carbons (Fsp3) is 0.190. The van der Waals surface area contributed by atoms with E-state index in [9.17, 15) is 4.79 Å². The summed E-state index contributed by atoms with van der Waals surface area (Å²) < 4.78 is 12.2. The van der Waals surface area contributed by atoms with Gasteiger partial charge in [0.25, 0.3) is 5.56 Å². The van der Waals surface area contributed by atoms with Gasteiger partial charge < -0.3 is 14.8 Å². The molecule has 0 fully saturated rings. The lowest BCUT2D eigenvalue weighted by molar-refractivity contribution is 0.354. The Morgan fingerprint density at radius 3 is 2.55 bits per heavy atom. The van der Waals surface area contributed by atoms with Crippen LogP contribution in [0.2, 0.25) is 0 Å². The van der Waals surface area contributed by atoms with Crippen LogP contribution in [0.5, 0.6) is 11.5 Å². The molecule has 1 aromatic heterocycles. The molecular formula is C21H22N4O3S. The summed E-state index contributed by atoms with van der Waals surface area (Å²) in [5.41, 5.74) is 1.53. The van der Waals surface area contributed by atoms with Gasteiger partial charge in [-0.05, 0) is 29.8 Å². The second-order valence-electron chi connectivity index (χ2n) is 6.00. The van der Waals surface area contributed by atoms with Gasteiger partial charge in [0.1, 0.15) is 0 Å². The number of rotatable bonds is 9. The van der Waals surface area contributed by atoms with Crippen molar-refractivity contribution in [1.82, 2.24) is 14.8 Å². The Bertz CT molecular complexity index is 1040. The first-order valence-corrected chi connectivity index (χ1v) is 9.89. The minimum Gasteiger partial charge on any atom is -0.493 e. The predicted octanol–water partition coefficient (Wildman–Crippen LogP) is 3.88. The average Bonchev–Trinajstić information content (AvgIpc) is 2.76. The quantitative estimate of drug-likeness (QED) is 0.424. The Morgan fingerprint density at radius 1 is 1.10 bits per heavy atom. The Morgan fingerprint density at radius 2 is 1.86 bits per heavy atom. The number of hydrogen-bond acceptors (Lipinski definition) is 7. The largest absolute Gasteiger partial charge is 0.493 e. The number of benzene rings is 2. The molecule has 3 rings (SSSR count). The van der Waals surface area contributed by atoms with Crippen LogP contribution in [0.3, 0.4) is 0 Å². The summed E-state index contributed by atoms with van der Waals surface area (Å²) >= 11 is 1.42. The van der Waals surface area contributed by atoms with Crippen molar-refractivity contribution in [3.63, 3.8) is 0 Å². The van der Waals surface area contributed by atoms with Crippen LogP contribution in [0.15, 0.2) is 71.1 Å². The lowest BCUT2D eigenvalue weighted by Gasteiger charge is -2.12. The zero-order chi connectivity index (χ0) is 20.6. The van der Waals surface area contributed by atoms with Crippen molar-refractivity contribution in [3.05, 3.63) is 77.1 Å². The molecule has 8 heteroatoms. The number of allylic oxidation sites excluding steroid dienone is 1. The maximum atomic E-state index is 12.9. The summed E-state index contributed by atoms with van der Waals surface area (Å²) in [4.78, 5) is 12.9. The molecule has 1 N–H and O–H groups in total. The molecule has 3 aromatic rings. The first kappa shape index (κ1) is 20.5. The van der Waals surface area contributed by atoms with Gasteiger partial charge in [-0.25, -0.2) is 0 Å². The lowest BCUT2D eigenvalue weighted by atomic mass is 10.2. The molecule has 0 unspecified atom stereocenters. The third kappa shape index (κ3) is 4.97. The smallest absolute Gasteiger partial charge is 0.297 e. The maximum absolute atomic E-state index is 12.9. The third-order valence-corrected chi connectivity index (χ3v) is 5.12. The first-order valence-electron chi connectivity index (χ1n) is 8.90. The van der Waals surface area contributed by atoms with E-state index in [0.29, 0.717) is 29.0 Å². The Labute approximate surface area is 173 Å². The van der Waals surface area contributed by atoms with Crippen LogP contribution in [0, 0.1) is 0 Å². The van der Waals surface area contributed by atoms with Crippen molar-refractivity contribution < 1.29 is 9.47 Å². The summed E-state index contributed by atoms with van der Waals surface area (Å²) in [6, 6.07) is 15.1. The number of thioether (sulfide) groups is 1. The van der Waals surface area contributed by atoms with Crippen molar-refractivity contribution in [3.8, 4) is 11.5 Å². The SMILES string of the molecule is C=CCn1c(SCc2ccc(OC)c(OC)c2)nnc(Nc2ccccc2)c1=O.